The number of carboxylic acids is 2. The summed E-state index contributed by atoms with van der Waals surface area (Å²) in [6.45, 7) is 1.59. The summed E-state index contributed by atoms with van der Waals surface area (Å²) in [5.41, 5.74) is 6.38. The van der Waals surface area contributed by atoms with E-state index < -0.39 is 30.3 Å². The Labute approximate surface area is 109 Å². The molecule has 0 aromatic heterocycles. The lowest BCUT2D eigenvalue weighted by molar-refractivity contribution is -0.138. The molecule has 0 radical (unpaired) electrons. The second-order valence-electron chi connectivity index (χ2n) is 4.03. The van der Waals surface area contributed by atoms with Crippen molar-refractivity contribution in [3.05, 3.63) is 29.3 Å². The molecule has 0 aliphatic heterocycles. The maximum absolute atomic E-state index is 11.6. The van der Waals surface area contributed by atoms with Crippen molar-refractivity contribution in [1.29, 1.82) is 0 Å². The largest absolute Gasteiger partial charge is 0.481 e. The molecule has 1 atom stereocenters. The van der Waals surface area contributed by atoms with Crippen LogP contribution in [0.15, 0.2) is 18.2 Å². The van der Waals surface area contributed by atoms with E-state index in [0.717, 1.165) is 0 Å². The van der Waals surface area contributed by atoms with Crippen LogP contribution in [-0.4, -0.2) is 34.1 Å². The number of anilines is 1. The first-order valence-corrected chi connectivity index (χ1v) is 5.43. The molecule has 1 rings (SSSR count). The first-order valence-electron chi connectivity index (χ1n) is 5.43. The van der Waals surface area contributed by atoms with Crippen LogP contribution >= 0.6 is 0 Å². The molecular weight excluding hydrogens is 252 g/mol. The van der Waals surface area contributed by atoms with Gasteiger partial charge in [0.2, 0.25) is 5.91 Å². The molecule has 0 saturated carbocycles. The van der Waals surface area contributed by atoms with Gasteiger partial charge in [0.05, 0.1) is 18.0 Å². The van der Waals surface area contributed by atoms with Crippen molar-refractivity contribution in [3.63, 3.8) is 0 Å². The zero-order valence-electron chi connectivity index (χ0n) is 10.2. The maximum atomic E-state index is 11.6. The normalized spacial score (nSPS) is 11.7. The lowest BCUT2D eigenvalue weighted by Crippen LogP contribution is -2.37. The molecule has 7 nitrogen and oxygen atoms in total. The third kappa shape index (κ3) is 4.07. The number of aliphatic carboxylic acids is 1. The molecule has 0 saturated heterocycles. The van der Waals surface area contributed by atoms with Crippen LogP contribution in [0.1, 0.15) is 22.3 Å². The number of carboxylic acid groups (broad SMARTS) is 2. The highest BCUT2D eigenvalue weighted by atomic mass is 16.4. The fraction of sp³-hybridized carbons (Fsp3) is 0.250. The Bertz CT molecular complexity index is 527. The smallest absolute Gasteiger partial charge is 0.335 e. The third-order valence-corrected chi connectivity index (χ3v) is 2.46. The van der Waals surface area contributed by atoms with Gasteiger partial charge in [-0.15, -0.1) is 0 Å². The number of nitrogens with one attached hydrogen (secondary N) is 1. The van der Waals surface area contributed by atoms with Crippen LogP contribution < -0.4 is 11.1 Å². The predicted molar refractivity (Wildman–Crippen MR) is 67.0 cm³/mol. The van der Waals surface area contributed by atoms with Gasteiger partial charge in [0.25, 0.3) is 0 Å². The van der Waals surface area contributed by atoms with Gasteiger partial charge in [0, 0.05) is 5.69 Å². The second kappa shape index (κ2) is 5.96. The number of hydrogen-bond donors (Lipinski definition) is 4. The fourth-order valence-electron chi connectivity index (χ4n) is 1.50. The van der Waals surface area contributed by atoms with E-state index in [9.17, 15) is 14.4 Å². The van der Waals surface area contributed by atoms with Crippen molar-refractivity contribution in [2.75, 3.05) is 5.32 Å². The Balaban J connectivity index is 2.78. The van der Waals surface area contributed by atoms with Crippen molar-refractivity contribution in [2.45, 2.75) is 19.4 Å². The highest BCUT2D eigenvalue weighted by Gasteiger charge is 2.17. The van der Waals surface area contributed by atoms with Gasteiger partial charge in [0.1, 0.15) is 0 Å². The Morgan fingerprint density at radius 2 is 1.95 bits per heavy atom. The Hall–Kier alpha value is -2.41. The van der Waals surface area contributed by atoms with Gasteiger partial charge >= 0.3 is 11.9 Å². The second-order valence-corrected chi connectivity index (χ2v) is 4.03. The van der Waals surface area contributed by atoms with Crippen molar-refractivity contribution < 1.29 is 24.6 Å². The minimum Gasteiger partial charge on any atom is -0.481 e. The quantitative estimate of drug-likeness (QED) is 0.611. The molecule has 7 heteroatoms. The van der Waals surface area contributed by atoms with Gasteiger partial charge < -0.3 is 21.3 Å². The van der Waals surface area contributed by atoms with Crippen LogP contribution in [0, 0.1) is 6.92 Å². The van der Waals surface area contributed by atoms with Gasteiger partial charge in [-0.1, -0.05) is 0 Å². The van der Waals surface area contributed by atoms with Crippen LogP contribution in [0.4, 0.5) is 5.69 Å². The zero-order chi connectivity index (χ0) is 14.6. The standard InChI is InChI=1S/C12H14N2O5/c1-6-4-7(2-3-8(6)12(18)19)14-11(17)9(13)5-10(15)16/h2-4,9H,5,13H2,1H3,(H,14,17)(H,15,16)(H,18,19). The van der Waals surface area contributed by atoms with Gasteiger partial charge in [0.15, 0.2) is 0 Å². The first kappa shape index (κ1) is 14.7. The number of rotatable bonds is 5. The number of aromatic carboxylic acids is 1. The van der Waals surface area contributed by atoms with Gasteiger partial charge in [-0.25, -0.2) is 4.79 Å². The highest BCUT2D eigenvalue weighted by Crippen LogP contribution is 2.15. The molecule has 1 amide bonds. The van der Waals surface area contributed by atoms with Crippen LogP contribution in [-0.2, 0) is 9.59 Å². The predicted octanol–water partition coefficient (Wildman–Crippen LogP) is 0.434. The Kier molecular flexibility index (Phi) is 4.60. The Morgan fingerprint density at radius 1 is 1.32 bits per heavy atom. The lowest BCUT2D eigenvalue weighted by atomic mass is 10.1. The topological polar surface area (TPSA) is 130 Å². The molecule has 0 bridgehead atoms. The van der Waals surface area contributed by atoms with E-state index in [2.05, 4.69) is 5.32 Å². The van der Waals surface area contributed by atoms with Crippen LogP contribution in [0.3, 0.4) is 0 Å². The molecule has 5 N–H and O–H groups in total. The van der Waals surface area contributed by atoms with E-state index >= 15 is 0 Å². The van der Waals surface area contributed by atoms with Crippen LogP contribution in [0.25, 0.3) is 0 Å². The molecule has 0 fully saturated rings. The van der Waals surface area contributed by atoms with E-state index in [0.29, 0.717) is 11.3 Å². The average molecular weight is 266 g/mol. The number of carbonyl (C=O) groups excluding carboxylic acids is 1. The first-order chi connectivity index (χ1) is 8.81. The fourth-order valence-corrected chi connectivity index (χ4v) is 1.50. The van der Waals surface area contributed by atoms with Crippen molar-refractivity contribution >= 4 is 23.5 Å². The molecule has 0 aliphatic rings. The molecule has 0 aliphatic carbocycles. The number of benzene rings is 1. The molecule has 0 spiro atoms. The molecule has 0 heterocycles. The van der Waals surface area contributed by atoms with Gasteiger partial charge in [-0.05, 0) is 30.7 Å². The summed E-state index contributed by atoms with van der Waals surface area (Å²) in [4.78, 5) is 32.8. The zero-order valence-corrected chi connectivity index (χ0v) is 10.2. The molecular formula is C12H14N2O5. The number of carbonyl (C=O) groups is 3. The monoisotopic (exact) mass is 266 g/mol. The summed E-state index contributed by atoms with van der Waals surface area (Å²) >= 11 is 0. The van der Waals surface area contributed by atoms with Crippen molar-refractivity contribution in [3.8, 4) is 0 Å². The molecule has 19 heavy (non-hydrogen) atoms. The van der Waals surface area contributed by atoms with E-state index in [1.165, 1.54) is 18.2 Å². The molecule has 1 aromatic carbocycles. The molecule has 1 unspecified atom stereocenters. The summed E-state index contributed by atoms with van der Waals surface area (Å²) < 4.78 is 0. The molecule has 1 aromatic rings. The number of hydrogen-bond acceptors (Lipinski definition) is 4. The van der Waals surface area contributed by atoms with E-state index in [-0.39, 0.29) is 5.56 Å². The maximum Gasteiger partial charge on any atom is 0.335 e. The van der Waals surface area contributed by atoms with Crippen molar-refractivity contribution in [2.24, 2.45) is 5.73 Å². The van der Waals surface area contributed by atoms with E-state index in [1.54, 1.807) is 6.92 Å². The summed E-state index contributed by atoms with van der Waals surface area (Å²) in [6.07, 6.45) is -0.474. The SMILES string of the molecule is Cc1cc(NC(=O)C(N)CC(=O)O)ccc1C(=O)O. The number of aryl methyl sites for hydroxylation is 1. The highest BCUT2D eigenvalue weighted by molar-refractivity contribution is 5.97. The third-order valence-electron chi connectivity index (χ3n) is 2.46. The number of nitrogens with two attached hydrogens (primary N) is 1. The molecule has 102 valence electrons. The minimum absolute atomic E-state index is 0.132. The Morgan fingerprint density at radius 3 is 2.42 bits per heavy atom. The summed E-state index contributed by atoms with van der Waals surface area (Å²) in [6, 6.07) is 3.10. The van der Waals surface area contributed by atoms with E-state index in [4.69, 9.17) is 15.9 Å². The summed E-state index contributed by atoms with van der Waals surface area (Å²) in [5, 5.41) is 19.8. The van der Waals surface area contributed by atoms with Gasteiger partial charge in [-0.2, -0.15) is 0 Å². The van der Waals surface area contributed by atoms with Crippen LogP contribution in [0.2, 0.25) is 0 Å². The number of amides is 1. The van der Waals surface area contributed by atoms with Gasteiger partial charge in [-0.3, -0.25) is 9.59 Å². The van der Waals surface area contributed by atoms with Crippen molar-refractivity contribution in [1.82, 2.24) is 0 Å². The average Bonchev–Trinajstić information content (AvgIpc) is 2.27. The summed E-state index contributed by atoms with van der Waals surface area (Å²) in [7, 11) is 0. The lowest BCUT2D eigenvalue weighted by Gasteiger charge is -2.11. The summed E-state index contributed by atoms with van der Waals surface area (Å²) in [5.74, 6) is -2.86. The minimum atomic E-state index is -1.17. The van der Waals surface area contributed by atoms with Crippen LogP contribution in [0.5, 0.6) is 0 Å². The van der Waals surface area contributed by atoms with E-state index in [1.807, 2.05) is 0 Å².